The lowest BCUT2D eigenvalue weighted by Crippen LogP contribution is -2.30. The summed E-state index contributed by atoms with van der Waals surface area (Å²) in [7, 11) is 0. The minimum Gasteiger partial charge on any atom is -0.448 e. The van der Waals surface area contributed by atoms with E-state index in [2.05, 4.69) is 26.2 Å². The number of rotatable bonds is 5. The highest BCUT2D eigenvalue weighted by molar-refractivity contribution is 9.10. The number of anilines is 1. The van der Waals surface area contributed by atoms with Crippen molar-refractivity contribution in [2.45, 2.75) is 13.0 Å². The Kier molecular flexibility index (Phi) is 5.22. The van der Waals surface area contributed by atoms with Crippen LogP contribution in [0.5, 0.6) is 0 Å². The summed E-state index contributed by atoms with van der Waals surface area (Å²) >= 11 is 3.36. The number of hydrogen-bond donors (Lipinski definition) is 2. The van der Waals surface area contributed by atoms with Crippen LogP contribution in [0, 0.1) is 10.1 Å². The number of esters is 1. The third-order valence-electron chi connectivity index (χ3n) is 3.82. The monoisotopic (exact) mass is 431 g/mol. The van der Waals surface area contributed by atoms with E-state index in [1.165, 1.54) is 31.2 Å². The number of carbonyl (C=O) groups is 2. The molecule has 3 aromatic rings. The van der Waals surface area contributed by atoms with E-state index in [-0.39, 0.29) is 17.1 Å². The first-order chi connectivity index (χ1) is 12.9. The average molecular weight is 432 g/mol. The molecule has 1 atom stereocenters. The standard InChI is InChI=1S/C18H14BrN3O5/c1-10(17(23)20-11-5-4-6-12(9-11)22(25)26)27-18(24)16-15(19)13-7-2-3-8-14(13)21-16/h2-10,21H,1H3,(H,20,23). The normalized spacial score (nSPS) is 11.8. The molecule has 9 heteroatoms. The minimum atomic E-state index is -1.10. The Bertz CT molecular complexity index is 1050. The van der Waals surface area contributed by atoms with E-state index in [0.717, 1.165) is 10.9 Å². The van der Waals surface area contributed by atoms with Crippen LogP contribution in [0.1, 0.15) is 17.4 Å². The lowest BCUT2D eigenvalue weighted by molar-refractivity contribution is -0.384. The summed E-state index contributed by atoms with van der Waals surface area (Å²) in [6.45, 7) is 1.42. The van der Waals surface area contributed by atoms with Crippen LogP contribution in [-0.2, 0) is 9.53 Å². The molecule has 0 radical (unpaired) electrons. The Morgan fingerprint density at radius 3 is 2.67 bits per heavy atom. The zero-order chi connectivity index (χ0) is 19.6. The number of fused-ring (bicyclic) bond motifs is 1. The van der Waals surface area contributed by atoms with Crippen LogP contribution in [0.2, 0.25) is 0 Å². The Morgan fingerprint density at radius 1 is 1.22 bits per heavy atom. The van der Waals surface area contributed by atoms with Crippen molar-refractivity contribution in [2.24, 2.45) is 0 Å². The van der Waals surface area contributed by atoms with Crippen molar-refractivity contribution < 1.29 is 19.2 Å². The van der Waals surface area contributed by atoms with Gasteiger partial charge in [-0.3, -0.25) is 14.9 Å². The van der Waals surface area contributed by atoms with E-state index in [9.17, 15) is 19.7 Å². The molecule has 0 aliphatic heterocycles. The number of nitro benzene ring substituents is 1. The molecule has 0 aliphatic rings. The number of non-ortho nitro benzene ring substituents is 1. The second-order valence-electron chi connectivity index (χ2n) is 5.70. The van der Waals surface area contributed by atoms with Gasteiger partial charge in [-0.2, -0.15) is 0 Å². The fraction of sp³-hybridized carbons (Fsp3) is 0.111. The summed E-state index contributed by atoms with van der Waals surface area (Å²) in [4.78, 5) is 37.8. The number of H-pyrrole nitrogens is 1. The quantitative estimate of drug-likeness (QED) is 0.359. The van der Waals surface area contributed by atoms with Gasteiger partial charge in [-0.1, -0.05) is 24.3 Å². The molecule has 27 heavy (non-hydrogen) atoms. The first kappa shape index (κ1) is 18.6. The van der Waals surface area contributed by atoms with Crippen molar-refractivity contribution in [3.05, 3.63) is 68.8 Å². The van der Waals surface area contributed by atoms with Gasteiger partial charge in [-0.15, -0.1) is 0 Å². The van der Waals surface area contributed by atoms with Gasteiger partial charge in [0.2, 0.25) is 0 Å². The summed E-state index contributed by atoms with van der Waals surface area (Å²) in [6, 6.07) is 12.8. The van der Waals surface area contributed by atoms with Crippen molar-refractivity contribution in [3.63, 3.8) is 0 Å². The van der Waals surface area contributed by atoms with E-state index in [4.69, 9.17) is 4.74 Å². The lowest BCUT2D eigenvalue weighted by atomic mass is 10.2. The molecule has 0 saturated carbocycles. The van der Waals surface area contributed by atoms with Crippen LogP contribution in [0.3, 0.4) is 0 Å². The summed E-state index contributed by atoms with van der Waals surface area (Å²) in [5.41, 5.74) is 1.04. The van der Waals surface area contributed by atoms with E-state index >= 15 is 0 Å². The van der Waals surface area contributed by atoms with E-state index < -0.39 is 22.9 Å². The molecule has 0 bridgehead atoms. The van der Waals surface area contributed by atoms with Crippen LogP contribution < -0.4 is 5.32 Å². The first-order valence-corrected chi connectivity index (χ1v) is 8.68. The summed E-state index contributed by atoms with van der Waals surface area (Å²) < 4.78 is 5.76. The maximum absolute atomic E-state index is 12.4. The number of nitro groups is 1. The lowest BCUT2D eigenvalue weighted by Gasteiger charge is -2.13. The molecular formula is C18H14BrN3O5. The molecule has 3 rings (SSSR count). The third-order valence-corrected chi connectivity index (χ3v) is 4.65. The van der Waals surface area contributed by atoms with Gasteiger partial charge < -0.3 is 15.0 Å². The smallest absolute Gasteiger partial charge is 0.356 e. The number of aromatic amines is 1. The van der Waals surface area contributed by atoms with Crippen LogP contribution in [0.4, 0.5) is 11.4 Å². The van der Waals surface area contributed by atoms with Gasteiger partial charge in [0.15, 0.2) is 6.10 Å². The highest BCUT2D eigenvalue weighted by Crippen LogP contribution is 2.28. The molecule has 0 saturated heterocycles. The molecule has 8 nitrogen and oxygen atoms in total. The number of aromatic nitrogens is 1. The van der Waals surface area contributed by atoms with E-state index in [0.29, 0.717) is 4.47 Å². The first-order valence-electron chi connectivity index (χ1n) is 7.89. The topological polar surface area (TPSA) is 114 Å². The van der Waals surface area contributed by atoms with Gasteiger partial charge in [0.25, 0.3) is 11.6 Å². The van der Waals surface area contributed by atoms with Gasteiger partial charge >= 0.3 is 5.97 Å². The highest BCUT2D eigenvalue weighted by atomic mass is 79.9. The molecule has 1 aromatic heterocycles. The van der Waals surface area contributed by atoms with Gasteiger partial charge in [0.1, 0.15) is 5.69 Å². The number of nitrogens with zero attached hydrogens (tertiary/aromatic N) is 1. The number of hydrogen-bond acceptors (Lipinski definition) is 5. The Hall–Kier alpha value is -3.20. The minimum absolute atomic E-state index is 0.153. The predicted octanol–water partition coefficient (Wildman–Crippen LogP) is 4.02. The van der Waals surface area contributed by atoms with Crippen molar-refractivity contribution in [3.8, 4) is 0 Å². The molecule has 2 aromatic carbocycles. The highest BCUT2D eigenvalue weighted by Gasteiger charge is 2.23. The number of carbonyl (C=O) groups excluding carboxylic acids is 2. The molecule has 0 aliphatic carbocycles. The maximum Gasteiger partial charge on any atom is 0.356 e. The Morgan fingerprint density at radius 2 is 1.96 bits per heavy atom. The third kappa shape index (κ3) is 3.98. The Labute approximate surface area is 161 Å². The zero-order valence-corrected chi connectivity index (χ0v) is 15.6. The second-order valence-corrected chi connectivity index (χ2v) is 6.50. The van der Waals surface area contributed by atoms with Crippen molar-refractivity contribution in [1.29, 1.82) is 0 Å². The average Bonchev–Trinajstić information content (AvgIpc) is 2.99. The number of amides is 1. The van der Waals surface area contributed by atoms with Crippen molar-refractivity contribution in [2.75, 3.05) is 5.32 Å². The molecule has 138 valence electrons. The molecule has 1 amide bonds. The Balaban J connectivity index is 1.70. The fourth-order valence-electron chi connectivity index (χ4n) is 2.46. The number of benzene rings is 2. The molecular weight excluding hydrogens is 418 g/mol. The zero-order valence-electron chi connectivity index (χ0n) is 14.1. The molecule has 0 fully saturated rings. The summed E-state index contributed by atoms with van der Waals surface area (Å²) in [5, 5.41) is 14.1. The van der Waals surface area contributed by atoms with Crippen LogP contribution in [0.25, 0.3) is 10.9 Å². The molecule has 1 heterocycles. The number of para-hydroxylation sites is 1. The van der Waals surface area contributed by atoms with Crippen LogP contribution in [0.15, 0.2) is 53.0 Å². The SMILES string of the molecule is CC(OC(=O)c1[nH]c2ccccc2c1Br)C(=O)Nc1cccc([N+](=O)[O-])c1. The molecule has 2 N–H and O–H groups in total. The van der Waals surface area contributed by atoms with Crippen molar-refractivity contribution in [1.82, 2.24) is 4.98 Å². The van der Waals surface area contributed by atoms with E-state index in [1.54, 1.807) is 0 Å². The predicted molar refractivity (Wildman–Crippen MR) is 103 cm³/mol. The largest absolute Gasteiger partial charge is 0.448 e. The fourth-order valence-corrected chi connectivity index (χ4v) is 3.07. The van der Waals surface area contributed by atoms with E-state index in [1.807, 2.05) is 24.3 Å². The summed E-state index contributed by atoms with van der Waals surface area (Å²) in [5.74, 6) is -1.30. The number of halogens is 1. The van der Waals surface area contributed by atoms with Crippen molar-refractivity contribution >= 4 is 50.1 Å². The van der Waals surface area contributed by atoms with Gasteiger partial charge in [0.05, 0.1) is 9.40 Å². The van der Waals surface area contributed by atoms with Crippen LogP contribution in [-0.4, -0.2) is 27.9 Å². The second kappa shape index (κ2) is 7.58. The maximum atomic E-state index is 12.4. The van der Waals surface area contributed by atoms with Crippen LogP contribution >= 0.6 is 15.9 Å². The van der Waals surface area contributed by atoms with Gasteiger partial charge in [-0.05, 0) is 35.0 Å². The van der Waals surface area contributed by atoms with Gasteiger partial charge in [0, 0.05) is 28.7 Å². The summed E-state index contributed by atoms with van der Waals surface area (Å²) in [6.07, 6.45) is -1.10. The number of nitrogens with one attached hydrogen (secondary N) is 2. The van der Waals surface area contributed by atoms with Gasteiger partial charge in [-0.25, -0.2) is 4.79 Å². The molecule has 0 spiro atoms. The molecule has 1 unspecified atom stereocenters. The number of ether oxygens (including phenoxy) is 1.